The second-order valence-corrected chi connectivity index (χ2v) is 6.96. The third kappa shape index (κ3) is 7.63. The van der Waals surface area contributed by atoms with E-state index in [2.05, 4.69) is 22.5 Å². The maximum atomic E-state index is 8.39. The zero-order valence-electron chi connectivity index (χ0n) is 18.3. The number of nitrogens with one attached hydrogen (secondary N) is 5. The van der Waals surface area contributed by atoms with Crippen LogP contribution in [0.15, 0.2) is 65.7 Å². The fourth-order valence-corrected chi connectivity index (χ4v) is 2.99. The van der Waals surface area contributed by atoms with Gasteiger partial charge in [-0.05, 0) is 30.7 Å². The maximum absolute atomic E-state index is 8.39. The molecular weight excluding hydrogens is 404 g/mol. The molecule has 0 bridgehead atoms. The van der Waals surface area contributed by atoms with Crippen molar-refractivity contribution in [2.45, 2.75) is 19.8 Å². The van der Waals surface area contributed by atoms with Gasteiger partial charge >= 0.3 is 0 Å². The third-order valence-corrected chi connectivity index (χ3v) is 4.48. The van der Waals surface area contributed by atoms with Crippen molar-refractivity contribution in [1.29, 1.82) is 16.2 Å². The second kappa shape index (κ2) is 12.6. The normalized spacial score (nSPS) is 10.8. The van der Waals surface area contributed by atoms with Gasteiger partial charge in [0.25, 0.3) is 0 Å². The average molecular weight is 437 g/mol. The van der Waals surface area contributed by atoms with Gasteiger partial charge in [0.2, 0.25) is 11.9 Å². The van der Waals surface area contributed by atoms with Gasteiger partial charge in [-0.3, -0.25) is 31.9 Å². The Morgan fingerprint density at radius 2 is 1.31 bits per heavy atom. The number of unbranched alkanes of at least 4 members (excludes halogenated alkanes) is 1. The first-order valence-electron chi connectivity index (χ1n) is 10.4. The molecule has 0 atom stereocenters. The summed E-state index contributed by atoms with van der Waals surface area (Å²) >= 11 is 0. The predicted octanol–water partition coefficient (Wildman–Crippen LogP) is 2.06. The summed E-state index contributed by atoms with van der Waals surface area (Å²) in [5, 5.41) is 29.0. The molecule has 0 radical (unpaired) electrons. The number of nitrogens with two attached hydrogens (primary N) is 2. The van der Waals surface area contributed by atoms with E-state index in [9.17, 15) is 0 Å². The number of para-hydroxylation sites is 2. The number of hydrogen-bond acceptors (Lipinski definition) is 4. The number of benzene rings is 2. The fourth-order valence-electron chi connectivity index (χ4n) is 2.99. The van der Waals surface area contributed by atoms with Gasteiger partial charge in [-0.25, -0.2) is 0 Å². The van der Waals surface area contributed by atoms with Gasteiger partial charge in [0.15, 0.2) is 11.9 Å². The molecule has 10 heteroatoms. The van der Waals surface area contributed by atoms with E-state index in [4.69, 9.17) is 27.7 Å². The van der Waals surface area contributed by atoms with Crippen molar-refractivity contribution >= 4 is 35.2 Å². The SMILES string of the molecule is CCCCN=C(NC(=N)N)N(CCN(C(=N)NC(=N)N)c1ccccc1)c1ccccc1. The van der Waals surface area contributed by atoms with Gasteiger partial charge in [0.05, 0.1) is 0 Å². The quantitative estimate of drug-likeness (QED) is 0.190. The molecule has 0 heterocycles. The Labute approximate surface area is 188 Å². The predicted molar refractivity (Wildman–Crippen MR) is 133 cm³/mol. The van der Waals surface area contributed by atoms with Gasteiger partial charge < -0.3 is 21.3 Å². The van der Waals surface area contributed by atoms with E-state index in [-0.39, 0.29) is 17.9 Å². The van der Waals surface area contributed by atoms with E-state index in [1.807, 2.05) is 65.6 Å². The van der Waals surface area contributed by atoms with Crippen molar-refractivity contribution in [3.05, 3.63) is 60.7 Å². The Balaban J connectivity index is 2.35. The monoisotopic (exact) mass is 436 g/mol. The van der Waals surface area contributed by atoms with Crippen molar-refractivity contribution in [1.82, 2.24) is 10.6 Å². The van der Waals surface area contributed by atoms with E-state index in [1.54, 1.807) is 4.90 Å². The lowest BCUT2D eigenvalue weighted by atomic mass is 10.2. The van der Waals surface area contributed by atoms with Crippen LogP contribution in [-0.4, -0.2) is 43.5 Å². The Morgan fingerprint density at radius 1 is 0.812 bits per heavy atom. The van der Waals surface area contributed by atoms with Gasteiger partial charge in [0.1, 0.15) is 0 Å². The topological polar surface area (TPSA) is 166 Å². The van der Waals surface area contributed by atoms with Crippen molar-refractivity contribution in [3.63, 3.8) is 0 Å². The molecule has 10 nitrogen and oxygen atoms in total. The largest absolute Gasteiger partial charge is 0.370 e. The number of rotatable bonds is 8. The zero-order valence-corrected chi connectivity index (χ0v) is 18.3. The molecule has 0 spiro atoms. The highest BCUT2D eigenvalue weighted by molar-refractivity contribution is 6.06. The molecule has 0 aromatic heterocycles. The molecule has 0 fully saturated rings. The third-order valence-electron chi connectivity index (χ3n) is 4.48. The van der Waals surface area contributed by atoms with Crippen LogP contribution in [0.1, 0.15) is 19.8 Å². The molecule has 0 saturated heterocycles. The highest BCUT2D eigenvalue weighted by Crippen LogP contribution is 2.17. The number of aliphatic imine (C=N–C) groups is 1. The van der Waals surface area contributed by atoms with Crippen molar-refractivity contribution < 1.29 is 0 Å². The Kier molecular flexibility index (Phi) is 9.51. The zero-order chi connectivity index (χ0) is 23.3. The lowest BCUT2D eigenvalue weighted by Crippen LogP contribution is -2.52. The summed E-state index contributed by atoms with van der Waals surface area (Å²) in [7, 11) is 0. The van der Waals surface area contributed by atoms with Crippen molar-refractivity contribution in [3.8, 4) is 0 Å². The molecule has 0 saturated carbocycles. The molecule has 2 aromatic carbocycles. The van der Waals surface area contributed by atoms with Crippen LogP contribution >= 0.6 is 0 Å². The molecular formula is C22H32N10. The van der Waals surface area contributed by atoms with Crippen LogP contribution in [0.5, 0.6) is 0 Å². The first-order valence-corrected chi connectivity index (χ1v) is 10.4. The van der Waals surface area contributed by atoms with Crippen LogP contribution in [0, 0.1) is 16.2 Å². The van der Waals surface area contributed by atoms with Crippen molar-refractivity contribution in [2.24, 2.45) is 16.5 Å². The van der Waals surface area contributed by atoms with Crippen molar-refractivity contribution in [2.75, 3.05) is 29.4 Å². The van der Waals surface area contributed by atoms with E-state index in [0.717, 1.165) is 24.2 Å². The van der Waals surface area contributed by atoms with Gasteiger partial charge in [-0.2, -0.15) is 0 Å². The van der Waals surface area contributed by atoms with E-state index in [1.165, 1.54) is 0 Å². The molecule has 32 heavy (non-hydrogen) atoms. The maximum Gasteiger partial charge on any atom is 0.205 e. The second-order valence-electron chi connectivity index (χ2n) is 6.96. The molecule has 0 amide bonds. The molecule has 0 aliphatic rings. The number of anilines is 2. The molecule has 0 aliphatic carbocycles. The Hall–Kier alpha value is -4.08. The highest BCUT2D eigenvalue weighted by Gasteiger charge is 2.19. The summed E-state index contributed by atoms with van der Waals surface area (Å²) in [5.74, 6) is -0.0556. The fraction of sp³-hybridized carbons (Fsp3) is 0.273. The summed E-state index contributed by atoms with van der Waals surface area (Å²) in [4.78, 5) is 8.28. The highest BCUT2D eigenvalue weighted by atomic mass is 15.4. The average Bonchev–Trinajstić information content (AvgIpc) is 2.77. The summed E-state index contributed by atoms with van der Waals surface area (Å²) in [6, 6.07) is 19.1. The van der Waals surface area contributed by atoms with Gasteiger partial charge in [-0.1, -0.05) is 49.7 Å². The smallest absolute Gasteiger partial charge is 0.205 e. The van der Waals surface area contributed by atoms with Gasteiger partial charge in [0, 0.05) is 31.0 Å². The first kappa shape index (κ1) is 24.2. The minimum absolute atomic E-state index is 0.0132. The number of guanidine groups is 4. The van der Waals surface area contributed by atoms with E-state index in [0.29, 0.717) is 25.6 Å². The molecule has 0 unspecified atom stereocenters. The standard InChI is InChI=1S/C22H32N10/c1-2-3-14-28-22(30-20(25)26)32(18-12-8-5-9-13-18)16-15-31(21(27)29-19(23)24)17-10-6-4-7-11-17/h4-13H,2-3,14-16H2,1H3,(H5,23,24,27,29)(H4,25,26,28,30). The lowest BCUT2D eigenvalue weighted by Gasteiger charge is -2.31. The molecule has 2 rings (SSSR count). The van der Waals surface area contributed by atoms with Crippen LogP contribution in [0.2, 0.25) is 0 Å². The summed E-state index contributed by atoms with van der Waals surface area (Å²) in [5.41, 5.74) is 12.7. The van der Waals surface area contributed by atoms with E-state index < -0.39 is 0 Å². The minimum Gasteiger partial charge on any atom is -0.370 e. The van der Waals surface area contributed by atoms with Crippen LogP contribution in [0.3, 0.4) is 0 Å². The molecule has 0 aliphatic heterocycles. The van der Waals surface area contributed by atoms with Gasteiger partial charge in [-0.15, -0.1) is 0 Å². The first-order chi connectivity index (χ1) is 15.4. The van der Waals surface area contributed by atoms with Crippen LogP contribution in [0.25, 0.3) is 0 Å². The summed E-state index contributed by atoms with van der Waals surface area (Å²) in [6.45, 7) is 3.49. The molecule has 9 N–H and O–H groups in total. The number of nitrogens with zero attached hydrogens (tertiary/aromatic N) is 3. The van der Waals surface area contributed by atoms with Crippen LogP contribution in [0.4, 0.5) is 11.4 Å². The molecule has 170 valence electrons. The Morgan fingerprint density at radius 3 is 1.81 bits per heavy atom. The van der Waals surface area contributed by atoms with Crippen LogP contribution < -0.4 is 31.9 Å². The summed E-state index contributed by atoms with van der Waals surface area (Å²) < 4.78 is 0. The number of hydrogen-bond donors (Lipinski definition) is 7. The van der Waals surface area contributed by atoms with E-state index >= 15 is 0 Å². The minimum atomic E-state index is -0.309. The Bertz CT molecular complexity index is 911. The molecule has 2 aromatic rings. The lowest BCUT2D eigenvalue weighted by molar-refractivity contribution is 0.797. The van der Waals surface area contributed by atoms with Crippen LogP contribution in [-0.2, 0) is 0 Å². The summed E-state index contributed by atoms with van der Waals surface area (Å²) in [6.07, 6.45) is 1.91.